The number of aliphatic hydroxyl groups is 1. The number of hydrogen-bond donors (Lipinski definition) is 1. The van der Waals surface area contributed by atoms with Crippen LogP contribution in [0, 0.1) is 0 Å². The highest BCUT2D eigenvalue weighted by molar-refractivity contribution is 5.49. The van der Waals surface area contributed by atoms with Crippen molar-refractivity contribution in [1.82, 2.24) is 0 Å². The predicted molar refractivity (Wildman–Crippen MR) is 67.7 cm³/mol. The summed E-state index contributed by atoms with van der Waals surface area (Å²) in [6.45, 7) is 6.08. The SMILES string of the molecule is CC1=CCCN(c2ccc([C@@H](C)O)cc2)C1. The molecule has 0 saturated carbocycles. The number of anilines is 1. The fourth-order valence-electron chi connectivity index (χ4n) is 2.10. The molecular formula is C14H19NO. The van der Waals surface area contributed by atoms with Gasteiger partial charge in [0.05, 0.1) is 6.10 Å². The highest BCUT2D eigenvalue weighted by Gasteiger charge is 2.10. The van der Waals surface area contributed by atoms with Gasteiger partial charge in [-0.2, -0.15) is 0 Å². The molecule has 0 spiro atoms. The van der Waals surface area contributed by atoms with Crippen molar-refractivity contribution < 1.29 is 5.11 Å². The fourth-order valence-corrected chi connectivity index (χ4v) is 2.10. The second-order valence-electron chi connectivity index (χ2n) is 4.53. The standard InChI is InChI=1S/C14H19NO/c1-11-4-3-9-15(10-11)14-7-5-13(6-8-14)12(2)16/h4-8,12,16H,3,9-10H2,1-2H3/t12-/m1/s1. The van der Waals surface area contributed by atoms with Crippen molar-refractivity contribution in [2.45, 2.75) is 26.4 Å². The van der Waals surface area contributed by atoms with E-state index in [9.17, 15) is 5.11 Å². The zero-order chi connectivity index (χ0) is 11.5. The highest BCUT2D eigenvalue weighted by Crippen LogP contribution is 2.22. The molecule has 2 nitrogen and oxygen atoms in total. The van der Waals surface area contributed by atoms with E-state index in [1.54, 1.807) is 6.92 Å². The van der Waals surface area contributed by atoms with Crippen LogP contribution in [0.1, 0.15) is 31.9 Å². The van der Waals surface area contributed by atoms with Gasteiger partial charge in [0.15, 0.2) is 0 Å². The average Bonchev–Trinajstić information content (AvgIpc) is 2.29. The molecule has 1 aliphatic heterocycles. The molecule has 0 saturated heterocycles. The van der Waals surface area contributed by atoms with Crippen LogP contribution in [0.2, 0.25) is 0 Å². The first-order chi connectivity index (χ1) is 7.66. The van der Waals surface area contributed by atoms with E-state index in [0.717, 1.165) is 25.1 Å². The maximum absolute atomic E-state index is 9.44. The summed E-state index contributed by atoms with van der Waals surface area (Å²) < 4.78 is 0. The number of rotatable bonds is 2. The van der Waals surface area contributed by atoms with E-state index in [-0.39, 0.29) is 6.10 Å². The van der Waals surface area contributed by atoms with Crippen LogP contribution in [0.15, 0.2) is 35.9 Å². The summed E-state index contributed by atoms with van der Waals surface area (Å²) in [6.07, 6.45) is 3.06. The van der Waals surface area contributed by atoms with Gasteiger partial charge in [-0.05, 0) is 38.0 Å². The first-order valence-electron chi connectivity index (χ1n) is 5.85. The number of aliphatic hydroxyl groups excluding tert-OH is 1. The molecule has 1 atom stereocenters. The molecule has 1 aromatic carbocycles. The summed E-state index contributed by atoms with van der Waals surface area (Å²) in [7, 11) is 0. The van der Waals surface area contributed by atoms with Crippen molar-refractivity contribution in [3.05, 3.63) is 41.5 Å². The van der Waals surface area contributed by atoms with Crippen LogP contribution >= 0.6 is 0 Å². The highest BCUT2D eigenvalue weighted by atomic mass is 16.3. The Kier molecular flexibility index (Phi) is 3.30. The zero-order valence-electron chi connectivity index (χ0n) is 9.98. The molecule has 1 aliphatic rings. The topological polar surface area (TPSA) is 23.5 Å². The van der Waals surface area contributed by atoms with Crippen molar-refractivity contribution in [2.24, 2.45) is 0 Å². The largest absolute Gasteiger partial charge is 0.389 e. The summed E-state index contributed by atoms with van der Waals surface area (Å²) in [4.78, 5) is 2.38. The molecule has 0 aromatic heterocycles. The fraction of sp³-hybridized carbons (Fsp3) is 0.429. The van der Waals surface area contributed by atoms with Gasteiger partial charge >= 0.3 is 0 Å². The molecule has 2 heteroatoms. The summed E-state index contributed by atoms with van der Waals surface area (Å²) >= 11 is 0. The van der Waals surface area contributed by atoms with Crippen LogP contribution in [0.5, 0.6) is 0 Å². The minimum atomic E-state index is -0.378. The Labute approximate surface area is 97.2 Å². The lowest BCUT2D eigenvalue weighted by molar-refractivity contribution is 0.199. The van der Waals surface area contributed by atoms with Gasteiger partial charge in [0, 0.05) is 18.8 Å². The Morgan fingerprint density at radius 1 is 1.25 bits per heavy atom. The van der Waals surface area contributed by atoms with Gasteiger partial charge in [0.25, 0.3) is 0 Å². The molecule has 1 N–H and O–H groups in total. The normalized spacial score (nSPS) is 18.2. The Balaban J connectivity index is 2.13. The molecule has 0 aliphatic carbocycles. The lowest BCUT2D eigenvalue weighted by Crippen LogP contribution is -2.28. The quantitative estimate of drug-likeness (QED) is 0.770. The molecule has 0 fully saturated rings. The summed E-state index contributed by atoms with van der Waals surface area (Å²) in [5, 5.41) is 9.44. The van der Waals surface area contributed by atoms with Gasteiger partial charge in [0.1, 0.15) is 0 Å². The Morgan fingerprint density at radius 2 is 1.94 bits per heavy atom. The summed E-state index contributed by atoms with van der Waals surface area (Å²) in [6, 6.07) is 8.21. The molecule has 1 heterocycles. The first-order valence-corrected chi connectivity index (χ1v) is 5.85. The lowest BCUT2D eigenvalue weighted by Gasteiger charge is -2.28. The van der Waals surface area contributed by atoms with E-state index in [2.05, 4.69) is 30.0 Å². The maximum Gasteiger partial charge on any atom is 0.0761 e. The minimum absolute atomic E-state index is 0.378. The predicted octanol–water partition coefficient (Wildman–Crippen LogP) is 2.90. The molecule has 0 unspecified atom stereocenters. The zero-order valence-corrected chi connectivity index (χ0v) is 9.98. The van der Waals surface area contributed by atoms with Gasteiger partial charge in [-0.25, -0.2) is 0 Å². The van der Waals surface area contributed by atoms with E-state index in [0.29, 0.717) is 0 Å². The molecule has 0 radical (unpaired) electrons. The van der Waals surface area contributed by atoms with E-state index in [1.807, 2.05) is 12.1 Å². The summed E-state index contributed by atoms with van der Waals surface area (Å²) in [5.74, 6) is 0. The van der Waals surface area contributed by atoms with Crippen molar-refractivity contribution in [3.8, 4) is 0 Å². The van der Waals surface area contributed by atoms with Crippen LogP contribution in [0.4, 0.5) is 5.69 Å². The smallest absolute Gasteiger partial charge is 0.0761 e. The van der Waals surface area contributed by atoms with E-state index in [4.69, 9.17) is 0 Å². The third-order valence-corrected chi connectivity index (χ3v) is 3.07. The first kappa shape index (κ1) is 11.2. The third kappa shape index (κ3) is 2.45. The van der Waals surface area contributed by atoms with Crippen LogP contribution < -0.4 is 4.90 Å². The minimum Gasteiger partial charge on any atom is -0.389 e. The van der Waals surface area contributed by atoms with E-state index in [1.165, 1.54) is 11.3 Å². The van der Waals surface area contributed by atoms with Crippen molar-refractivity contribution in [2.75, 3.05) is 18.0 Å². The average molecular weight is 217 g/mol. The van der Waals surface area contributed by atoms with Gasteiger partial charge in [-0.3, -0.25) is 0 Å². The van der Waals surface area contributed by atoms with Crippen LogP contribution in [0.25, 0.3) is 0 Å². The van der Waals surface area contributed by atoms with E-state index < -0.39 is 0 Å². The number of nitrogens with zero attached hydrogens (tertiary/aromatic N) is 1. The molecule has 2 rings (SSSR count). The molecule has 0 amide bonds. The van der Waals surface area contributed by atoms with Gasteiger partial charge in [-0.15, -0.1) is 0 Å². The van der Waals surface area contributed by atoms with Crippen molar-refractivity contribution in [1.29, 1.82) is 0 Å². The number of benzene rings is 1. The van der Waals surface area contributed by atoms with Crippen LogP contribution in [-0.4, -0.2) is 18.2 Å². The third-order valence-electron chi connectivity index (χ3n) is 3.07. The Hall–Kier alpha value is -1.28. The molecule has 16 heavy (non-hydrogen) atoms. The van der Waals surface area contributed by atoms with Crippen molar-refractivity contribution in [3.63, 3.8) is 0 Å². The lowest BCUT2D eigenvalue weighted by atomic mass is 10.1. The molecule has 0 bridgehead atoms. The molecular weight excluding hydrogens is 198 g/mol. The van der Waals surface area contributed by atoms with Crippen molar-refractivity contribution >= 4 is 5.69 Å². The van der Waals surface area contributed by atoms with Gasteiger partial charge < -0.3 is 10.0 Å². The van der Waals surface area contributed by atoms with Gasteiger partial charge in [-0.1, -0.05) is 23.8 Å². The Bertz CT molecular complexity index is 378. The second kappa shape index (κ2) is 4.71. The monoisotopic (exact) mass is 217 g/mol. The maximum atomic E-state index is 9.44. The molecule has 86 valence electrons. The number of hydrogen-bond acceptors (Lipinski definition) is 2. The summed E-state index contributed by atoms with van der Waals surface area (Å²) in [5.41, 5.74) is 3.66. The van der Waals surface area contributed by atoms with Gasteiger partial charge in [0.2, 0.25) is 0 Å². The van der Waals surface area contributed by atoms with E-state index >= 15 is 0 Å². The second-order valence-corrected chi connectivity index (χ2v) is 4.53. The molecule has 1 aromatic rings. The van der Waals surface area contributed by atoms with Crippen LogP contribution in [0.3, 0.4) is 0 Å². The Morgan fingerprint density at radius 3 is 2.50 bits per heavy atom. The van der Waals surface area contributed by atoms with Crippen LogP contribution in [-0.2, 0) is 0 Å².